The second kappa shape index (κ2) is 7.79. The van der Waals surface area contributed by atoms with Gasteiger partial charge in [0.1, 0.15) is 0 Å². The number of ether oxygens (including phenoxy) is 1. The van der Waals surface area contributed by atoms with E-state index in [4.69, 9.17) is 4.74 Å². The second-order valence-corrected chi connectivity index (χ2v) is 9.42. The van der Waals surface area contributed by atoms with Gasteiger partial charge in [-0.05, 0) is 56.0 Å². The van der Waals surface area contributed by atoms with E-state index in [1.165, 1.54) is 9.13 Å². The Morgan fingerprint density at radius 1 is 1.11 bits per heavy atom. The molecule has 8 nitrogen and oxygen atoms in total. The zero-order chi connectivity index (χ0) is 19.3. The van der Waals surface area contributed by atoms with E-state index in [0.29, 0.717) is 22.9 Å². The average Bonchev–Trinajstić information content (AvgIpc) is 3.19. The number of imidazole rings is 1. The van der Waals surface area contributed by atoms with E-state index in [0.717, 1.165) is 25.9 Å². The smallest absolute Gasteiger partial charge is 0.328 e. The first-order chi connectivity index (χ1) is 12.8. The molecule has 1 aliphatic carbocycles. The minimum atomic E-state index is -3.72. The number of aromatic nitrogens is 2. The van der Waals surface area contributed by atoms with Gasteiger partial charge in [0.15, 0.2) is 0 Å². The second-order valence-electron chi connectivity index (χ2n) is 7.70. The molecule has 2 heterocycles. The molecule has 4 rings (SSSR count). The number of rotatable bonds is 4. The molecule has 0 spiro atoms. The summed E-state index contributed by atoms with van der Waals surface area (Å²) in [4.78, 5) is 12.3. The van der Waals surface area contributed by atoms with Crippen LogP contribution in [-0.4, -0.2) is 49.9 Å². The molecular weight excluding hydrogens is 404 g/mol. The molecule has 2 aromatic rings. The van der Waals surface area contributed by atoms with Gasteiger partial charge in [-0.15, -0.1) is 12.4 Å². The van der Waals surface area contributed by atoms with Gasteiger partial charge in [-0.2, -0.15) is 0 Å². The molecule has 1 saturated heterocycles. The van der Waals surface area contributed by atoms with Crippen LogP contribution >= 0.6 is 12.4 Å². The summed E-state index contributed by atoms with van der Waals surface area (Å²) in [5, 5.41) is 3.39. The molecule has 2 aliphatic rings. The third-order valence-corrected chi connectivity index (χ3v) is 7.67. The van der Waals surface area contributed by atoms with Crippen LogP contribution in [0.5, 0.6) is 0 Å². The average molecular weight is 431 g/mol. The molecule has 1 saturated carbocycles. The largest absolute Gasteiger partial charge is 0.380 e. The summed E-state index contributed by atoms with van der Waals surface area (Å²) < 4.78 is 37.5. The minimum absolute atomic E-state index is 0. The molecule has 2 fully saturated rings. The molecule has 156 valence electrons. The van der Waals surface area contributed by atoms with Crippen LogP contribution in [0.15, 0.2) is 27.9 Å². The van der Waals surface area contributed by atoms with Crippen molar-refractivity contribution in [2.45, 2.75) is 29.9 Å². The lowest BCUT2D eigenvalue weighted by Gasteiger charge is -2.37. The lowest BCUT2D eigenvalue weighted by atomic mass is 9.78. The minimum Gasteiger partial charge on any atom is -0.380 e. The number of halogens is 1. The van der Waals surface area contributed by atoms with E-state index in [2.05, 4.69) is 10.0 Å². The summed E-state index contributed by atoms with van der Waals surface area (Å²) in [5.41, 5.74) is 1.12. The van der Waals surface area contributed by atoms with Gasteiger partial charge in [-0.1, -0.05) is 0 Å². The molecule has 1 aromatic carbocycles. The van der Waals surface area contributed by atoms with Crippen molar-refractivity contribution < 1.29 is 13.2 Å². The van der Waals surface area contributed by atoms with Crippen molar-refractivity contribution in [2.24, 2.45) is 25.9 Å². The van der Waals surface area contributed by atoms with Crippen LogP contribution in [0.1, 0.15) is 12.8 Å². The number of aryl methyl sites for hydroxylation is 2. The summed E-state index contributed by atoms with van der Waals surface area (Å²) in [6.07, 6.45) is 1.49. The van der Waals surface area contributed by atoms with Crippen LogP contribution in [0.3, 0.4) is 0 Å². The van der Waals surface area contributed by atoms with E-state index in [-0.39, 0.29) is 35.1 Å². The van der Waals surface area contributed by atoms with Gasteiger partial charge in [0.2, 0.25) is 10.0 Å². The van der Waals surface area contributed by atoms with Crippen molar-refractivity contribution in [3.05, 3.63) is 28.7 Å². The van der Waals surface area contributed by atoms with Gasteiger partial charge in [0.25, 0.3) is 0 Å². The van der Waals surface area contributed by atoms with Gasteiger partial charge in [0.05, 0.1) is 22.0 Å². The van der Waals surface area contributed by atoms with E-state index in [1.807, 2.05) is 0 Å². The van der Waals surface area contributed by atoms with E-state index in [1.54, 1.807) is 39.4 Å². The van der Waals surface area contributed by atoms with Gasteiger partial charge in [-0.25, -0.2) is 17.9 Å². The Morgan fingerprint density at radius 2 is 1.75 bits per heavy atom. The number of nitrogens with zero attached hydrogens (tertiary/aromatic N) is 2. The Morgan fingerprint density at radius 3 is 2.43 bits per heavy atom. The van der Waals surface area contributed by atoms with Crippen molar-refractivity contribution in [1.82, 2.24) is 19.2 Å². The summed E-state index contributed by atoms with van der Waals surface area (Å²) in [5.74, 6) is 1.02. The third-order valence-electron chi connectivity index (χ3n) is 6.18. The number of hydrogen-bond acceptors (Lipinski definition) is 5. The fourth-order valence-corrected chi connectivity index (χ4v) is 5.88. The summed E-state index contributed by atoms with van der Waals surface area (Å²) in [6, 6.07) is 4.53. The van der Waals surface area contributed by atoms with E-state index >= 15 is 0 Å². The topological polar surface area (TPSA) is 94.4 Å². The predicted molar refractivity (Wildman–Crippen MR) is 109 cm³/mol. The maximum Gasteiger partial charge on any atom is 0.328 e. The maximum absolute atomic E-state index is 13.0. The van der Waals surface area contributed by atoms with Crippen molar-refractivity contribution >= 4 is 33.5 Å². The molecular formula is C18H27ClN4O4S. The van der Waals surface area contributed by atoms with Gasteiger partial charge in [-0.3, -0.25) is 9.13 Å². The molecule has 2 N–H and O–H groups in total. The first-order valence-electron chi connectivity index (χ1n) is 9.23. The Kier molecular flexibility index (Phi) is 5.94. The van der Waals surface area contributed by atoms with Gasteiger partial charge in [0, 0.05) is 27.2 Å². The Bertz CT molecular complexity index is 1030. The zero-order valence-corrected chi connectivity index (χ0v) is 17.8. The number of fused-ring (bicyclic) bond motifs is 2. The number of sulfonamides is 1. The third kappa shape index (κ3) is 3.50. The number of hydrogen-bond donors (Lipinski definition) is 2. The Labute approximate surface area is 170 Å². The van der Waals surface area contributed by atoms with Crippen LogP contribution in [-0.2, 0) is 28.9 Å². The fourth-order valence-electron chi connectivity index (χ4n) is 4.59. The first kappa shape index (κ1) is 21.3. The molecule has 28 heavy (non-hydrogen) atoms. The molecule has 0 unspecified atom stereocenters. The molecule has 0 bridgehead atoms. The monoisotopic (exact) mass is 430 g/mol. The zero-order valence-electron chi connectivity index (χ0n) is 16.2. The van der Waals surface area contributed by atoms with Gasteiger partial charge >= 0.3 is 5.69 Å². The van der Waals surface area contributed by atoms with Crippen LogP contribution in [0.25, 0.3) is 11.0 Å². The molecule has 1 aromatic heterocycles. The van der Waals surface area contributed by atoms with Crippen LogP contribution in [0, 0.1) is 11.8 Å². The number of benzene rings is 1. The normalized spacial score (nSPS) is 27.5. The lowest BCUT2D eigenvalue weighted by molar-refractivity contribution is 0.0194. The quantitative estimate of drug-likeness (QED) is 0.740. The van der Waals surface area contributed by atoms with Crippen LogP contribution < -0.4 is 15.7 Å². The predicted octanol–water partition coefficient (Wildman–Crippen LogP) is 0.590. The van der Waals surface area contributed by atoms with Crippen LogP contribution in [0.4, 0.5) is 0 Å². The Hall–Kier alpha value is -1.39. The summed E-state index contributed by atoms with van der Waals surface area (Å²) in [7, 11) is 1.24. The highest BCUT2D eigenvalue weighted by atomic mass is 35.5. The highest BCUT2D eigenvalue weighted by Crippen LogP contribution is 2.34. The van der Waals surface area contributed by atoms with E-state index in [9.17, 15) is 13.2 Å². The first-order valence-corrected chi connectivity index (χ1v) is 10.7. The van der Waals surface area contributed by atoms with Crippen molar-refractivity contribution in [3.63, 3.8) is 0 Å². The fraction of sp³-hybridized carbons (Fsp3) is 0.611. The summed E-state index contributed by atoms with van der Waals surface area (Å²) >= 11 is 0. The van der Waals surface area contributed by atoms with Crippen molar-refractivity contribution in [3.8, 4) is 0 Å². The number of nitrogens with one attached hydrogen (secondary N) is 2. The highest BCUT2D eigenvalue weighted by Gasteiger charge is 2.41. The standard InChI is InChI=1S/C18H26N4O4S.ClH/c1-21-15-5-4-13(8-16(15)22(2)18(21)23)27(24,25)20-14-6-11-9-19-10-12(11)7-17(14)26-3;/h4-5,8,11-12,14,17,19-20H,6-7,9-10H2,1-3H3;1H/t11-,12+,14-,17-;/m0./s1. The summed E-state index contributed by atoms with van der Waals surface area (Å²) in [6.45, 7) is 1.90. The molecule has 0 amide bonds. The number of methoxy groups -OCH3 is 1. The van der Waals surface area contributed by atoms with Crippen molar-refractivity contribution in [1.29, 1.82) is 0 Å². The van der Waals surface area contributed by atoms with Gasteiger partial charge < -0.3 is 10.1 Å². The van der Waals surface area contributed by atoms with E-state index < -0.39 is 10.0 Å². The molecule has 0 radical (unpaired) electrons. The highest BCUT2D eigenvalue weighted by molar-refractivity contribution is 7.89. The lowest BCUT2D eigenvalue weighted by Crippen LogP contribution is -2.50. The maximum atomic E-state index is 13.0. The van der Waals surface area contributed by atoms with Crippen molar-refractivity contribution in [2.75, 3.05) is 20.2 Å². The Balaban J connectivity index is 0.00000225. The molecule has 4 atom stereocenters. The van der Waals surface area contributed by atoms with Crippen LogP contribution in [0.2, 0.25) is 0 Å². The molecule has 1 aliphatic heterocycles. The SMILES string of the molecule is CO[C@H]1C[C@@H]2CNC[C@@H]2C[C@@H]1NS(=O)(=O)c1ccc2c(c1)n(C)c(=O)n2C.Cl. The molecule has 10 heteroatoms.